The predicted molar refractivity (Wildman–Crippen MR) is 89.3 cm³/mol. The van der Waals surface area contributed by atoms with E-state index in [0.717, 1.165) is 5.56 Å². The molecule has 1 aromatic carbocycles. The molecule has 1 heterocycles. The number of guanidine groups is 1. The van der Waals surface area contributed by atoms with Crippen LogP contribution in [0.1, 0.15) is 10.4 Å². The standard InChI is InChI=1S/C16H18F3N3OS/c1-20-15(22-10-14-3-2-8-24-14)21-9-12-4-6-13(7-5-12)23-11-16(17,18)19/h2-8H,9-11H2,1H3,(H2,20,21,22). The highest BCUT2D eigenvalue weighted by atomic mass is 32.1. The number of ether oxygens (including phenoxy) is 1. The van der Waals surface area contributed by atoms with Crippen molar-refractivity contribution in [3.05, 3.63) is 52.2 Å². The van der Waals surface area contributed by atoms with Crippen molar-refractivity contribution in [1.29, 1.82) is 0 Å². The van der Waals surface area contributed by atoms with Gasteiger partial charge in [-0.15, -0.1) is 11.3 Å². The SMILES string of the molecule is CN=C(NCc1ccc(OCC(F)(F)F)cc1)NCc1cccs1. The molecule has 0 fully saturated rings. The number of nitrogens with one attached hydrogen (secondary N) is 2. The highest BCUT2D eigenvalue weighted by Gasteiger charge is 2.28. The number of benzene rings is 1. The summed E-state index contributed by atoms with van der Waals surface area (Å²) < 4.78 is 40.9. The second-order valence-corrected chi connectivity index (χ2v) is 5.94. The van der Waals surface area contributed by atoms with Gasteiger partial charge in [-0.2, -0.15) is 13.2 Å². The van der Waals surface area contributed by atoms with Crippen LogP contribution in [0.15, 0.2) is 46.8 Å². The zero-order valence-corrected chi connectivity index (χ0v) is 13.9. The lowest BCUT2D eigenvalue weighted by atomic mass is 10.2. The second kappa shape index (κ2) is 8.58. The molecule has 0 saturated heterocycles. The van der Waals surface area contributed by atoms with Crippen LogP contribution < -0.4 is 15.4 Å². The Morgan fingerprint density at radius 1 is 1.12 bits per heavy atom. The van der Waals surface area contributed by atoms with Gasteiger partial charge in [-0.1, -0.05) is 18.2 Å². The first-order valence-corrected chi connectivity index (χ1v) is 8.09. The summed E-state index contributed by atoms with van der Waals surface area (Å²) in [5.41, 5.74) is 0.911. The van der Waals surface area contributed by atoms with Gasteiger partial charge < -0.3 is 15.4 Å². The van der Waals surface area contributed by atoms with Crippen LogP contribution in [-0.2, 0) is 13.1 Å². The highest BCUT2D eigenvalue weighted by molar-refractivity contribution is 7.09. The summed E-state index contributed by atoms with van der Waals surface area (Å²) in [5.74, 6) is 0.845. The van der Waals surface area contributed by atoms with Crippen LogP contribution >= 0.6 is 11.3 Å². The van der Waals surface area contributed by atoms with E-state index in [1.165, 1.54) is 17.0 Å². The minimum Gasteiger partial charge on any atom is -0.484 e. The number of halogens is 3. The lowest BCUT2D eigenvalue weighted by molar-refractivity contribution is -0.153. The fourth-order valence-electron chi connectivity index (χ4n) is 1.86. The van der Waals surface area contributed by atoms with Crippen LogP contribution in [0.2, 0.25) is 0 Å². The van der Waals surface area contributed by atoms with E-state index in [9.17, 15) is 13.2 Å². The molecular weight excluding hydrogens is 339 g/mol. The summed E-state index contributed by atoms with van der Waals surface area (Å²) >= 11 is 1.66. The molecule has 2 N–H and O–H groups in total. The van der Waals surface area contributed by atoms with E-state index < -0.39 is 12.8 Å². The molecule has 1 aromatic heterocycles. The Bertz CT molecular complexity index is 640. The van der Waals surface area contributed by atoms with Crippen molar-refractivity contribution in [1.82, 2.24) is 10.6 Å². The maximum Gasteiger partial charge on any atom is 0.422 e. The zero-order chi connectivity index (χ0) is 17.4. The van der Waals surface area contributed by atoms with E-state index in [-0.39, 0.29) is 5.75 Å². The number of nitrogens with zero attached hydrogens (tertiary/aromatic N) is 1. The van der Waals surface area contributed by atoms with Gasteiger partial charge in [0.2, 0.25) is 0 Å². The Morgan fingerprint density at radius 2 is 1.83 bits per heavy atom. The molecule has 0 saturated carbocycles. The first-order valence-electron chi connectivity index (χ1n) is 7.21. The Morgan fingerprint density at radius 3 is 2.42 bits per heavy atom. The van der Waals surface area contributed by atoms with Crippen molar-refractivity contribution in [3.8, 4) is 5.75 Å². The van der Waals surface area contributed by atoms with Crippen LogP contribution in [0.4, 0.5) is 13.2 Å². The molecule has 4 nitrogen and oxygen atoms in total. The average Bonchev–Trinajstić information content (AvgIpc) is 3.07. The number of alkyl halides is 3. The van der Waals surface area contributed by atoms with Crippen LogP contribution in [0.3, 0.4) is 0 Å². The van der Waals surface area contributed by atoms with Gasteiger partial charge in [0, 0.05) is 18.5 Å². The topological polar surface area (TPSA) is 45.7 Å². The number of aliphatic imine (C=N–C) groups is 1. The fourth-order valence-corrected chi connectivity index (χ4v) is 2.50. The van der Waals surface area contributed by atoms with Crippen molar-refractivity contribution in [2.75, 3.05) is 13.7 Å². The van der Waals surface area contributed by atoms with Crippen molar-refractivity contribution >= 4 is 17.3 Å². The van der Waals surface area contributed by atoms with Crippen molar-refractivity contribution < 1.29 is 17.9 Å². The van der Waals surface area contributed by atoms with E-state index in [1.807, 2.05) is 17.5 Å². The van der Waals surface area contributed by atoms with Crippen LogP contribution in [0.25, 0.3) is 0 Å². The minimum atomic E-state index is -4.33. The zero-order valence-electron chi connectivity index (χ0n) is 13.1. The van der Waals surface area contributed by atoms with Gasteiger partial charge in [0.1, 0.15) is 5.75 Å². The lowest BCUT2D eigenvalue weighted by Gasteiger charge is -2.12. The van der Waals surface area contributed by atoms with Gasteiger partial charge in [-0.05, 0) is 29.1 Å². The van der Waals surface area contributed by atoms with Gasteiger partial charge in [0.15, 0.2) is 12.6 Å². The average molecular weight is 357 g/mol. The highest BCUT2D eigenvalue weighted by Crippen LogP contribution is 2.18. The first-order chi connectivity index (χ1) is 11.5. The van der Waals surface area contributed by atoms with E-state index in [4.69, 9.17) is 0 Å². The van der Waals surface area contributed by atoms with Crippen LogP contribution in [0.5, 0.6) is 5.75 Å². The summed E-state index contributed by atoms with van der Waals surface area (Å²) in [6.45, 7) is -0.102. The van der Waals surface area contributed by atoms with E-state index in [0.29, 0.717) is 19.0 Å². The quantitative estimate of drug-likeness (QED) is 0.614. The lowest BCUT2D eigenvalue weighted by Crippen LogP contribution is -2.36. The molecule has 2 aromatic rings. The maximum absolute atomic E-state index is 12.1. The number of hydrogen-bond donors (Lipinski definition) is 2. The third-order valence-corrected chi connectivity index (χ3v) is 3.90. The monoisotopic (exact) mass is 357 g/mol. The van der Waals surface area contributed by atoms with Gasteiger partial charge >= 0.3 is 6.18 Å². The smallest absolute Gasteiger partial charge is 0.422 e. The van der Waals surface area contributed by atoms with Crippen LogP contribution in [-0.4, -0.2) is 25.8 Å². The number of hydrogen-bond acceptors (Lipinski definition) is 3. The Balaban J connectivity index is 1.78. The summed E-state index contributed by atoms with van der Waals surface area (Å²) in [4.78, 5) is 5.32. The van der Waals surface area contributed by atoms with E-state index in [1.54, 1.807) is 30.5 Å². The molecule has 0 bridgehead atoms. The summed E-state index contributed by atoms with van der Waals surface area (Å²) in [5, 5.41) is 8.35. The molecular formula is C16H18F3N3OS. The number of rotatable bonds is 6. The Kier molecular flexibility index (Phi) is 6.48. The molecule has 0 radical (unpaired) electrons. The molecule has 0 aliphatic carbocycles. The molecule has 0 amide bonds. The molecule has 0 unspecified atom stereocenters. The summed E-state index contributed by atoms with van der Waals surface area (Å²) in [6, 6.07) is 10.5. The fraction of sp³-hybridized carbons (Fsp3) is 0.312. The van der Waals surface area contributed by atoms with E-state index in [2.05, 4.69) is 20.4 Å². The maximum atomic E-state index is 12.1. The summed E-state index contributed by atoms with van der Waals surface area (Å²) in [6.07, 6.45) is -4.33. The van der Waals surface area contributed by atoms with Gasteiger partial charge in [-0.25, -0.2) is 0 Å². The van der Waals surface area contributed by atoms with Crippen molar-refractivity contribution in [2.45, 2.75) is 19.3 Å². The van der Waals surface area contributed by atoms with Gasteiger partial charge in [-0.3, -0.25) is 4.99 Å². The summed E-state index contributed by atoms with van der Waals surface area (Å²) in [7, 11) is 1.68. The van der Waals surface area contributed by atoms with Gasteiger partial charge in [0.25, 0.3) is 0 Å². The van der Waals surface area contributed by atoms with Crippen LogP contribution in [0, 0.1) is 0 Å². The molecule has 130 valence electrons. The van der Waals surface area contributed by atoms with Gasteiger partial charge in [0.05, 0.1) is 6.54 Å². The second-order valence-electron chi connectivity index (χ2n) is 4.91. The van der Waals surface area contributed by atoms with Crippen molar-refractivity contribution in [2.24, 2.45) is 4.99 Å². The predicted octanol–water partition coefficient (Wildman–Crippen LogP) is 3.55. The molecule has 0 aliphatic heterocycles. The first kappa shape index (κ1) is 18.1. The molecule has 0 spiro atoms. The molecule has 0 atom stereocenters. The Hall–Kier alpha value is -2.22. The number of thiophene rings is 1. The third kappa shape index (κ3) is 6.49. The minimum absolute atomic E-state index is 0.191. The normalized spacial score (nSPS) is 12.1. The van der Waals surface area contributed by atoms with Crippen molar-refractivity contribution in [3.63, 3.8) is 0 Å². The third-order valence-electron chi connectivity index (χ3n) is 3.02. The molecule has 2 rings (SSSR count). The largest absolute Gasteiger partial charge is 0.484 e. The Labute approximate surface area is 142 Å². The molecule has 8 heteroatoms. The molecule has 24 heavy (non-hydrogen) atoms. The molecule has 0 aliphatic rings. The van der Waals surface area contributed by atoms with E-state index >= 15 is 0 Å².